The Balaban J connectivity index is 0.000000313. The first kappa shape index (κ1) is 65.3. The van der Waals surface area contributed by atoms with Crippen LogP contribution in [0.5, 0.6) is 34.5 Å². The number of benzene rings is 2. The summed E-state index contributed by atoms with van der Waals surface area (Å²) >= 11 is 0. The molecule has 6 atom stereocenters. The Bertz CT molecular complexity index is 2320. The summed E-state index contributed by atoms with van der Waals surface area (Å²) in [6.07, 6.45) is -2.63. The molecule has 26 nitrogen and oxygen atoms in total. The standard InChI is InChI=1S/2C26H39N3O8.H2O4S/c2*1-7-36-26(32)23-22(37-23)24(30)27-18(14-16(2)3)25(31)29-12-10-28(11-13-29)15-17-8-9-19(33-4)21(35-6)20(17)34-5;1-5(2,3)4/h2*8-9,16,18,22-23H,7,10-15H2,1-6H3,(H,27,30);(H2,1,2,3,4)/t2*18-,22+,23+;/m00./s1. The molecule has 0 bridgehead atoms. The van der Waals surface area contributed by atoms with Crippen molar-refractivity contribution in [3.05, 3.63) is 35.4 Å². The van der Waals surface area contributed by atoms with E-state index >= 15 is 0 Å². The summed E-state index contributed by atoms with van der Waals surface area (Å²) in [7, 11) is 4.85. The number of ether oxygens (including phenoxy) is 10. The Hall–Kier alpha value is -6.23. The minimum absolute atomic E-state index is 0.126. The SMILES string of the molecule is CCOC(=O)[C@@H]1O[C@H]1C(=O)N[C@@H](CC(C)C)C(=O)N1CCN(Cc2ccc(OC)c(OC)c2OC)CC1.CCOC(=O)[C@@H]1O[C@H]1C(=O)N[C@@H](CC(C)C)C(=O)N1CCN(Cc2ccc(OC)c(OC)c2OC)CC1.O=S(=O)(O)O. The molecule has 4 aliphatic rings. The van der Waals surface area contributed by atoms with Crippen molar-refractivity contribution in [2.75, 3.05) is 108 Å². The van der Waals surface area contributed by atoms with Gasteiger partial charge in [-0.3, -0.25) is 38.1 Å². The zero-order chi connectivity index (χ0) is 58.7. The van der Waals surface area contributed by atoms with Gasteiger partial charge in [-0.1, -0.05) is 39.8 Å². The van der Waals surface area contributed by atoms with Crippen LogP contribution in [0.2, 0.25) is 0 Å². The van der Waals surface area contributed by atoms with Crippen LogP contribution >= 0.6 is 0 Å². The number of piperazine rings is 2. The summed E-state index contributed by atoms with van der Waals surface area (Å²) < 4.78 is 84.7. The first-order chi connectivity index (χ1) is 37.5. The Morgan fingerprint density at radius 3 is 1.11 bits per heavy atom. The first-order valence-corrected chi connectivity index (χ1v) is 27.4. The highest BCUT2D eigenvalue weighted by atomic mass is 32.3. The van der Waals surface area contributed by atoms with Gasteiger partial charge in [-0.25, -0.2) is 9.59 Å². The lowest BCUT2D eigenvalue weighted by molar-refractivity contribution is -0.145. The van der Waals surface area contributed by atoms with Crippen LogP contribution in [0.4, 0.5) is 0 Å². The van der Waals surface area contributed by atoms with Gasteiger partial charge in [0.15, 0.2) is 47.4 Å². The fourth-order valence-corrected chi connectivity index (χ4v) is 9.08. The lowest BCUT2D eigenvalue weighted by Gasteiger charge is -2.37. The van der Waals surface area contributed by atoms with Crippen LogP contribution in [0.25, 0.3) is 0 Å². The van der Waals surface area contributed by atoms with E-state index in [1.54, 1.807) is 66.3 Å². The average Bonchev–Trinajstić information content (AvgIpc) is 4.41. The molecule has 4 amide bonds. The quantitative estimate of drug-likeness (QED) is 0.0661. The molecule has 4 saturated heterocycles. The van der Waals surface area contributed by atoms with Gasteiger partial charge in [0.25, 0.3) is 11.8 Å². The number of methoxy groups -OCH3 is 6. The number of nitrogens with zero attached hydrogens (tertiary/aromatic N) is 4. The number of epoxide rings is 2. The van der Waals surface area contributed by atoms with Gasteiger partial charge in [0, 0.05) is 76.6 Å². The van der Waals surface area contributed by atoms with Crippen LogP contribution < -0.4 is 39.1 Å². The van der Waals surface area contributed by atoms with Crippen molar-refractivity contribution in [2.24, 2.45) is 11.8 Å². The molecule has 6 rings (SSSR count). The smallest absolute Gasteiger partial charge is 0.394 e. The summed E-state index contributed by atoms with van der Waals surface area (Å²) in [6, 6.07) is 6.25. The summed E-state index contributed by atoms with van der Waals surface area (Å²) in [5, 5.41) is 5.61. The van der Waals surface area contributed by atoms with Gasteiger partial charge in [0.1, 0.15) is 12.1 Å². The van der Waals surface area contributed by atoms with Crippen molar-refractivity contribution in [2.45, 2.75) is 104 Å². The summed E-state index contributed by atoms with van der Waals surface area (Å²) in [4.78, 5) is 83.7. The van der Waals surface area contributed by atoms with Gasteiger partial charge >= 0.3 is 22.3 Å². The molecule has 2 aromatic rings. The van der Waals surface area contributed by atoms with E-state index in [1.807, 2.05) is 52.0 Å². The van der Waals surface area contributed by atoms with Crippen LogP contribution in [0.1, 0.15) is 65.5 Å². The fraction of sp³-hybridized carbons (Fsp3) is 0.654. The Morgan fingerprint density at radius 2 is 0.848 bits per heavy atom. The second-order valence-electron chi connectivity index (χ2n) is 19.5. The third-order valence-corrected chi connectivity index (χ3v) is 12.9. The van der Waals surface area contributed by atoms with E-state index in [0.717, 1.165) is 11.1 Å². The fourth-order valence-electron chi connectivity index (χ4n) is 9.08. The first-order valence-electron chi connectivity index (χ1n) is 26.0. The summed E-state index contributed by atoms with van der Waals surface area (Å²) in [5.74, 6) is 1.64. The van der Waals surface area contributed by atoms with Crippen molar-refractivity contribution in [1.82, 2.24) is 30.2 Å². The van der Waals surface area contributed by atoms with E-state index in [-0.39, 0.29) is 36.9 Å². The molecule has 0 saturated carbocycles. The number of amides is 4. The highest BCUT2D eigenvalue weighted by Gasteiger charge is 2.53. The van der Waals surface area contributed by atoms with E-state index in [4.69, 9.17) is 64.9 Å². The lowest BCUT2D eigenvalue weighted by atomic mass is 10.0. The minimum atomic E-state index is -4.67. The number of hydrogen-bond donors (Lipinski definition) is 4. The van der Waals surface area contributed by atoms with Gasteiger partial charge in [0.2, 0.25) is 23.3 Å². The van der Waals surface area contributed by atoms with E-state index in [9.17, 15) is 28.8 Å². The molecule has 0 unspecified atom stereocenters. The molecule has 4 N–H and O–H groups in total. The largest absolute Gasteiger partial charge is 0.493 e. The van der Waals surface area contributed by atoms with E-state index in [0.29, 0.717) is 113 Å². The predicted octanol–water partition coefficient (Wildman–Crippen LogP) is 1.78. The van der Waals surface area contributed by atoms with Crippen molar-refractivity contribution in [3.8, 4) is 34.5 Å². The number of esters is 2. The molecule has 0 aromatic heterocycles. The second kappa shape index (κ2) is 30.9. The number of hydrogen-bond acceptors (Lipinski definition) is 20. The molecular weight excluding hydrogens is 1060 g/mol. The molecule has 4 heterocycles. The molecule has 27 heteroatoms. The van der Waals surface area contributed by atoms with Crippen molar-refractivity contribution in [3.63, 3.8) is 0 Å². The molecular formula is C52H80N6O20S. The van der Waals surface area contributed by atoms with Crippen LogP contribution in [0, 0.1) is 11.8 Å². The van der Waals surface area contributed by atoms with E-state index < -0.39 is 70.7 Å². The summed E-state index contributed by atoms with van der Waals surface area (Å²) in [5.41, 5.74) is 1.93. The van der Waals surface area contributed by atoms with Crippen molar-refractivity contribution < 1.29 is 93.7 Å². The lowest BCUT2D eigenvalue weighted by Crippen LogP contribution is -2.55. The zero-order valence-corrected chi connectivity index (χ0v) is 48.1. The molecule has 2 aromatic carbocycles. The Morgan fingerprint density at radius 1 is 0.532 bits per heavy atom. The van der Waals surface area contributed by atoms with Crippen LogP contribution in [0.3, 0.4) is 0 Å². The number of carbonyl (C=O) groups excluding carboxylic acids is 6. The van der Waals surface area contributed by atoms with Crippen LogP contribution in [-0.4, -0.2) is 217 Å². The van der Waals surface area contributed by atoms with E-state index in [1.165, 1.54) is 0 Å². The van der Waals surface area contributed by atoms with Crippen molar-refractivity contribution >= 4 is 46.0 Å². The molecule has 0 radical (unpaired) electrons. The monoisotopic (exact) mass is 1140 g/mol. The van der Waals surface area contributed by atoms with Gasteiger partial charge < -0.3 is 67.8 Å². The highest BCUT2D eigenvalue weighted by molar-refractivity contribution is 7.79. The molecule has 4 fully saturated rings. The molecule has 0 spiro atoms. The Labute approximate surface area is 462 Å². The molecule has 0 aliphatic carbocycles. The maximum absolute atomic E-state index is 13.4. The number of carbonyl (C=O) groups is 6. The maximum atomic E-state index is 13.4. The van der Waals surface area contributed by atoms with Gasteiger partial charge in [-0.15, -0.1) is 0 Å². The minimum Gasteiger partial charge on any atom is -0.493 e. The zero-order valence-electron chi connectivity index (χ0n) is 47.3. The van der Waals surface area contributed by atoms with Gasteiger partial charge in [-0.2, -0.15) is 8.42 Å². The normalized spacial score (nSPS) is 19.7. The third kappa shape index (κ3) is 19.5. The molecule has 4 aliphatic heterocycles. The Kier molecular flexibility index (Phi) is 25.6. The van der Waals surface area contributed by atoms with Crippen LogP contribution in [0.15, 0.2) is 24.3 Å². The van der Waals surface area contributed by atoms with Crippen molar-refractivity contribution in [1.29, 1.82) is 0 Å². The van der Waals surface area contributed by atoms with E-state index in [2.05, 4.69) is 20.4 Å². The predicted molar refractivity (Wildman–Crippen MR) is 283 cm³/mol. The average molecular weight is 1140 g/mol. The van der Waals surface area contributed by atoms with Gasteiger partial charge in [0.05, 0.1) is 55.9 Å². The second-order valence-corrected chi connectivity index (χ2v) is 20.4. The molecule has 79 heavy (non-hydrogen) atoms. The topological polar surface area (TPSA) is 313 Å². The maximum Gasteiger partial charge on any atom is 0.394 e. The van der Waals surface area contributed by atoms with Crippen LogP contribution in [-0.2, 0) is 71.2 Å². The van der Waals surface area contributed by atoms with Gasteiger partial charge in [-0.05, 0) is 50.7 Å². The third-order valence-electron chi connectivity index (χ3n) is 12.9. The molecule has 444 valence electrons. The summed E-state index contributed by atoms with van der Waals surface area (Å²) in [6.45, 7) is 17.9. The number of rotatable bonds is 24. The number of nitrogens with one attached hydrogen (secondary N) is 2. The highest BCUT2D eigenvalue weighted by Crippen LogP contribution is 2.41.